The van der Waals surface area contributed by atoms with Crippen LogP contribution in [0.5, 0.6) is 5.75 Å². The molecule has 13 heavy (non-hydrogen) atoms. The van der Waals surface area contributed by atoms with Crippen LogP contribution in [-0.4, -0.2) is 6.61 Å². The maximum absolute atomic E-state index is 6.27. The number of rotatable bonds is 1. The predicted molar refractivity (Wildman–Crippen MR) is 54.7 cm³/mol. The van der Waals surface area contributed by atoms with E-state index in [-0.39, 0.29) is 0 Å². The first-order valence-electron chi connectivity index (χ1n) is 4.64. The van der Waals surface area contributed by atoms with E-state index in [2.05, 4.69) is 19.9 Å². The van der Waals surface area contributed by atoms with Crippen molar-refractivity contribution in [2.45, 2.75) is 26.2 Å². The molecule has 2 rings (SSSR count). The van der Waals surface area contributed by atoms with E-state index >= 15 is 0 Å². The quantitative estimate of drug-likeness (QED) is 0.669. The fourth-order valence-corrected chi connectivity index (χ4v) is 2.17. The molecular formula is C11H13ClO. The zero-order valence-corrected chi connectivity index (χ0v) is 8.69. The molecule has 0 aromatic heterocycles. The Balaban J connectivity index is 2.52. The average Bonchev–Trinajstić information content (AvgIpc) is 2.52. The standard InChI is InChI=1S/C11H13ClO/c1-7(2)8-3-4-10-9(11(8)12)5-6-13-10/h3-4,7H,5-6H2,1-2H3. The molecule has 0 saturated heterocycles. The van der Waals surface area contributed by atoms with Crippen LogP contribution < -0.4 is 4.74 Å². The summed E-state index contributed by atoms with van der Waals surface area (Å²) in [6, 6.07) is 4.10. The van der Waals surface area contributed by atoms with Gasteiger partial charge in [0.2, 0.25) is 0 Å². The lowest BCUT2D eigenvalue weighted by molar-refractivity contribution is 0.357. The normalized spacial score (nSPS) is 14.5. The monoisotopic (exact) mass is 196 g/mol. The van der Waals surface area contributed by atoms with Crippen LogP contribution in [0, 0.1) is 0 Å². The molecule has 1 aliphatic heterocycles. The summed E-state index contributed by atoms with van der Waals surface area (Å²) in [6.45, 7) is 5.09. The highest BCUT2D eigenvalue weighted by atomic mass is 35.5. The van der Waals surface area contributed by atoms with E-state index in [1.54, 1.807) is 0 Å². The molecule has 1 nitrogen and oxygen atoms in total. The van der Waals surface area contributed by atoms with Gasteiger partial charge >= 0.3 is 0 Å². The van der Waals surface area contributed by atoms with E-state index in [1.165, 1.54) is 11.1 Å². The zero-order valence-electron chi connectivity index (χ0n) is 7.93. The number of hydrogen-bond acceptors (Lipinski definition) is 1. The summed E-state index contributed by atoms with van der Waals surface area (Å²) in [5, 5.41) is 0.907. The van der Waals surface area contributed by atoms with E-state index in [0.717, 1.165) is 23.8 Å². The van der Waals surface area contributed by atoms with Crippen LogP contribution in [0.15, 0.2) is 12.1 Å². The summed E-state index contributed by atoms with van der Waals surface area (Å²) in [5.74, 6) is 1.45. The fraction of sp³-hybridized carbons (Fsp3) is 0.455. The topological polar surface area (TPSA) is 9.23 Å². The molecule has 0 unspecified atom stereocenters. The largest absolute Gasteiger partial charge is 0.493 e. The van der Waals surface area contributed by atoms with Gasteiger partial charge in [-0.2, -0.15) is 0 Å². The van der Waals surface area contributed by atoms with Gasteiger partial charge < -0.3 is 4.74 Å². The van der Waals surface area contributed by atoms with E-state index < -0.39 is 0 Å². The first-order chi connectivity index (χ1) is 6.20. The molecule has 0 spiro atoms. The highest BCUT2D eigenvalue weighted by molar-refractivity contribution is 6.32. The molecule has 0 fully saturated rings. The summed E-state index contributed by atoms with van der Waals surface area (Å²) < 4.78 is 5.43. The van der Waals surface area contributed by atoms with Gasteiger partial charge in [0.1, 0.15) is 5.75 Å². The van der Waals surface area contributed by atoms with Crippen molar-refractivity contribution in [2.75, 3.05) is 6.61 Å². The van der Waals surface area contributed by atoms with Crippen LogP contribution in [0.2, 0.25) is 5.02 Å². The van der Waals surface area contributed by atoms with E-state index in [1.807, 2.05) is 6.07 Å². The summed E-state index contributed by atoms with van der Waals surface area (Å²) >= 11 is 6.27. The highest BCUT2D eigenvalue weighted by Gasteiger charge is 2.18. The van der Waals surface area contributed by atoms with Gasteiger partial charge in [0, 0.05) is 12.0 Å². The van der Waals surface area contributed by atoms with Crippen molar-refractivity contribution < 1.29 is 4.74 Å². The minimum Gasteiger partial charge on any atom is -0.493 e. The lowest BCUT2D eigenvalue weighted by Gasteiger charge is -2.10. The van der Waals surface area contributed by atoms with Gasteiger partial charge in [0.05, 0.1) is 11.6 Å². The number of ether oxygens (including phenoxy) is 1. The van der Waals surface area contributed by atoms with Gasteiger partial charge in [-0.05, 0) is 17.5 Å². The lowest BCUT2D eigenvalue weighted by atomic mass is 9.99. The Morgan fingerprint density at radius 2 is 2.15 bits per heavy atom. The average molecular weight is 197 g/mol. The Kier molecular flexibility index (Phi) is 2.20. The van der Waals surface area contributed by atoms with E-state index in [9.17, 15) is 0 Å². The Bertz CT molecular complexity index is 331. The van der Waals surface area contributed by atoms with Gasteiger partial charge in [0.25, 0.3) is 0 Å². The minimum atomic E-state index is 0.485. The van der Waals surface area contributed by atoms with Gasteiger partial charge in [-0.1, -0.05) is 31.5 Å². The molecular weight excluding hydrogens is 184 g/mol. The van der Waals surface area contributed by atoms with Gasteiger partial charge in [-0.25, -0.2) is 0 Å². The molecule has 0 aliphatic carbocycles. The van der Waals surface area contributed by atoms with Crippen molar-refractivity contribution >= 4 is 11.6 Å². The summed E-state index contributed by atoms with van der Waals surface area (Å²) in [6.07, 6.45) is 0.953. The van der Waals surface area contributed by atoms with Crippen molar-refractivity contribution in [1.82, 2.24) is 0 Å². The third kappa shape index (κ3) is 1.42. The molecule has 0 atom stereocenters. The third-order valence-corrected chi connectivity index (χ3v) is 2.91. The van der Waals surface area contributed by atoms with Crippen molar-refractivity contribution in [3.8, 4) is 5.75 Å². The Labute approximate surface area is 83.7 Å². The second-order valence-electron chi connectivity index (χ2n) is 3.70. The fourth-order valence-electron chi connectivity index (χ4n) is 1.70. The maximum atomic E-state index is 6.27. The van der Waals surface area contributed by atoms with E-state index in [4.69, 9.17) is 16.3 Å². The first kappa shape index (κ1) is 8.89. The second kappa shape index (κ2) is 3.22. The molecule has 1 aromatic rings. The Morgan fingerprint density at radius 1 is 1.38 bits per heavy atom. The van der Waals surface area contributed by atoms with Crippen LogP contribution in [-0.2, 0) is 6.42 Å². The minimum absolute atomic E-state index is 0.485. The smallest absolute Gasteiger partial charge is 0.124 e. The summed E-state index contributed by atoms with van der Waals surface area (Å²) in [5.41, 5.74) is 2.42. The Hall–Kier alpha value is -0.690. The molecule has 0 saturated carbocycles. The van der Waals surface area contributed by atoms with Crippen LogP contribution in [0.3, 0.4) is 0 Å². The van der Waals surface area contributed by atoms with Crippen molar-refractivity contribution in [2.24, 2.45) is 0 Å². The third-order valence-electron chi connectivity index (χ3n) is 2.46. The van der Waals surface area contributed by atoms with Crippen molar-refractivity contribution in [3.05, 3.63) is 28.3 Å². The van der Waals surface area contributed by atoms with Gasteiger partial charge in [-0.15, -0.1) is 0 Å². The maximum Gasteiger partial charge on any atom is 0.124 e. The zero-order chi connectivity index (χ0) is 9.42. The molecule has 70 valence electrons. The van der Waals surface area contributed by atoms with Gasteiger partial charge in [0.15, 0.2) is 0 Å². The van der Waals surface area contributed by atoms with Crippen molar-refractivity contribution in [3.63, 3.8) is 0 Å². The van der Waals surface area contributed by atoms with Gasteiger partial charge in [-0.3, -0.25) is 0 Å². The van der Waals surface area contributed by atoms with Crippen LogP contribution in [0.25, 0.3) is 0 Å². The van der Waals surface area contributed by atoms with Crippen LogP contribution in [0.4, 0.5) is 0 Å². The summed E-state index contributed by atoms with van der Waals surface area (Å²) in [7, 11) is 0. The van der Waals surface area contributed by atoms with E-state index in [0.29, 0.717) is 5.92 Å². The molecule has 0 bridgehead atoms. The molecule has 0 radical (unpaired) electrons. The molecule has 1 aliphatic rings. The molecule has 0 N–H and O–H groups in total. The molecule has 2 heteroatoms. The first-order valence-corrected chi connectivity index (χ1v) is 5.02. The van der Waals surface area contributed by atoms with Crippen LogP contribution in [0.1, 0.15) is 30.9 Å². The molecule has 0 amide bonds. The number of benzene rings is 1. The van der Waals surface area contributed by atoms with Crippen molar-refractivity contribution in [1.29, 1.82) is 0 Å². The lowest BCUT2D eigenvalue weighted by Crippen LogP contribution is -1.91. The molecule has 1 aromatic carbocycles. The predicted octanol–water partition coefficient (Wildman–Crippen LogP) is 3.40. The summed E-state index contributed by atoms with van der Waals surface area (Å²) in [4.78, 5) is 0. The Morgan fingerprint density at radius 3 is 2.85 bits per heavy atom. The second-order valence-corrected chi connectivity index (χ2v) is 4.08. The van der Waals surface area contributed by atoms with Crippen LogP contribution >= 0.6 is 11.6 Å². The number of fused-ring (bicyclic) bond motifs is 1. The number of hydrogen-bond donors (Lipinski definition) is 0. The molecule has 1 heterocycles. The number of halogens is 1. The SMILES string of the molecule is CC(C)c1ccc2c(c1Cl)CCO2. The highest BCUT2D eigenvalue weighted by Crippen LogP contribution is 2.36.